The van der Waals surface area contributed by atoms with E-state index < -0.39 is 0 Å². The van der Waals surface area contributed by atoms with Crippen LogP contribution >= 0.6 is 0 Å². The summed E-state index contributed by atoms with van der Waals surface area (Å²) in [5, 5.41) is 0. The highest BCUT2D eigenvalue weighted by Crippen LogP contribution is 2.25. The van der Waals surface area contributed by atoms with Crippen LogP contribution in [0.2, 0.25) is 0 Å². The number of carbonyl (C=O) groups is 1. The van der Waals surface area contributed by atoms with Gasteiger partial charge in [0, 0.05) is 18.2 Å². The monoisotopic (exact) mass is 283 g/mol. The van der Waals surface area contributed by atoms with E-state index in [0.717, 1.165) is 37.8 Å². The smallest absolute Gasteiger partial charge is 0.290 e. The molecule has 0 aliphatic carbocycles. The van der Waals surface area contributed by atoms with Crippen molar-refractivity contribution in [3.05, 3.63) is 59.5 Å². The maximum absolute atomic E-state index is 12.6. The Morgan fingerprint density at radius 1 is 1.29 bits per heavy atom. The van der Waals surface area contributed by atoms with Crippen LogP contribution < -0.4 is 0 Å². The van der Waals surface area contributed by atoms with E-state index in [1.807, 2.05) is 24.0 Å². The van der Waals surface area contributed by atoms with Crippen LogP contribution in [0, 0.1) is 6.92 Å². The van der Waals surface area contributed by atoms with Gasteiger partial charge >= 0.3 is 0 Å². The molecular formula is C18H21NO2. The molecule has 110 valence electrons. The third-order valence-electron chi connectivity index (χ3n) is 4.30. The molecule has 0 radical (unpaired) electrons. The normalized spacial score (nSPS) is 18.1. The summed E-state index contributed by atoms with van der Waals surface area (Å²) in [5.74, 6) is 0.551. The Balaban J connectivity index is 1.65. The van der Waals surface area contributed by atoms with Gasteiger partial charge in [-0.2, -0.15) is 0 Å². The molecule has 3 heteroatoms. The van der Waals surface area contributed by atoms with Gasteiger partial charge in [-0.15, -0.1) is 0 Å². The largest absolute Gasteiger partial charge is 0.459 e. The first-order valence-corrected chi connectivity index (χ1v) is 7.64. The topological polar surface area (TPSA) is 33.5 Å². The molecule has 1 amide bonds. The van der Waals surface area contributed by atoms with E-state index in [9.17, 15) is 4.79 Å². The number of nitrogens with zero attached hydrogens (tertiary/aromatic N) is 1. The van der Waals surface area contributed by atoms with Crippen molar-refractivity contribution >= 4 is 5.91 Å². The van der Waals surface area contributed by atoms with E-state index in [-0.39, 0.29) is 5.91 Å². The molecule has 0 bridgehead atoms. The molecule has 1 saturated heterocycles. The zero-order valence-electron chi connectivity index (χ0n) is 12.4. The lowest BCUT2D eigenvalue weighted by Crippen LogP contribution is -2.35. The molecule has 0 unspecified atom stereocenters. The van der Waals surface area contributed by atoms with Crippen molar-refractivity contribution in [2.45, 2.75) is 38.6 Å². The number of benzene rings is 1. The van der Waals surface area contributed by atoms with Crippen LogP contribution in [-0.2, 0) is 6.42 Å². The molecule has 1 aliphatic heterocycles. The third-order valence-corrected chi connectivity index (χ3v) is 4.30. The minimum Gasteiger partial charge on any atom is -0.459 e. The van der Waals surface area contributed by atoms with E-state index >= 15 is 0 Å². The third kappa shape index (κ3) is 3.02. The number of aryl methyl sites for hydroxylation is 2. The standard InChI is InChI=1S/C18H21NO2/c1-14-11-13-21-17(14)18(20)19-12-5-8-16(19)10-9-15-6-3-2-4-7-15/h2-4,6-7,11,13,16H,5,8-10,12H2,1H3/t16-/m0/s1. The van der Waals surface area contributed by atoms with Crippen molar-refractivity contribution in [2.24, 2.45) is 0 Å². The summed E-state index contributed by atoms with van der Waals surface area (Å²) in [6.07, 6.45) is 5.82. The molecule has 3 nitrogen and oxygen atoms in total. The van der Waals surface area contributed by atoms with Gasteiger partial charge in [-0.3, -0.25) is 4.79 Å². The predicted molar refractivity (Wildman–Crippen MR) is 82.3 cm³/mol. The van der Waals surface area contributed by atoms with Gasteiger partial charge in [-0.25, -0.2) is 0 Å². The van der Waals surface area contributed by atoms with Crippen LogP contribution in [0.1, 0.15) is 40.9 Å². The van der Waals surface area contributed by atoms with Crippen LogP contribution in [0.25, 0.3) is 0 Å². The molecule has 0 saturated carbocycles. The summed E-state index contributed by atoms with van der Waals surface area (Å²) in [4.78, 5) is 14.6. The Labute approximate surface area is 125 Å². The second-order valence-corrected chi connectivity index (χ2v) is 5.75. The van der Waals surface area contributed by atoms with Gasteiger partial charge < -0.3 is 9.32 Å². The highest BCUT2D eigenvalue weighted by Gasteiger charge is 2.31. The summed E-state index contributed by atoms with van der Waals surface area (Å²) in [5.41, 5.74) is 2.26. The van der Waals surface area contributed by atoms with Gasteiger partial charge in [0.2, 0.25) is 0 Å². The number of hydrogen-bond donors (Lipinski definition) is 0. The summed E-state index contributed by atoms with van der Waals surface area (Å²) in [7, 11) is 0. The SMILES string of the molecule is Cc1ccoc1C(=O)N1CCC[C@H]1CCc1ccccc1. The highest BCUT2D eigenvalue weighted by atomic mass is 16.3. The predicted octanol–water partition coefficient (Wildman–Crippen LogP) is 3.83. The van der Waals surface area contributed by atoms with E-state index in [2.05, 4.69) is 24.3 Å². The fraction of sp³-hybridized carbons (Fsp3) is 0.389. The molecule has 2 heterocycles. The zero-order chi connectivity index (χ0) is 14.7. The van der Waals surface area contributed by atoms with Crippen LogP contribution in [0.5, 0.6) is 0 Å². The van der Waals surface area contributed by atoms with Crippen molar-refractivity contribution in [3.8, 4) is 0 Å². The van der Waals surface area contributed by atoms with E-state index in [1.165, 1.54) is 5.56 Å². The van der Waals surface area contributed by atoms with Gasteiger partial charge in [0.05, 0.1) is 6.26 Å². The summed E-state index contributed by atoms with van der Waals surface area (Å²) in [6, 6.07) is 12.7. The summed E-state index contributed by atoms with van der Waals surface area (Å²) < 4.78 is 5.36. The fourth-order valence-electron chi connectivity index (χ4n) is 3.10. The van der Waals surface area contributed by atoms with E-state index in [4.69, 9.17) is 4.42 Å². The number of furan rings is 1. The summed E-state index contributed by atoms with van der Waals surface area (Å²) in [6.45, 7) is 2.77. The maximum Gasteiger partial charge on any atom is 0.290 e. The fourth-order valence-corrected chi connectivity index (χ4v) is 3.10. The Morgan fingerprint density at radius 2 is 2.10 bits per heavy atom. The maximum atomic E-state index is 12.6. The number of rotatable bonds is 4. The average molecular weight is 283 g/mol. The number of hydrogen-bond acceptors (Lipinski definition) is 2. The van der Waals surface area contributed by atoms with Crippen LogP contribution in [0.3, 0.4) is 0 Å². The van der Waals surface area contributed by atoms with Gasteiger partial charge in [-0.1, -0.05) is 30.3 Å². The van der Waals surface area contributed by atoms with Crippen molar-refractivity contribution in [2.75, 3.05) is 6.54 Å². The van der Waals surface area contributed by atoms with Gasteiger partial charge in [0.25, 0.3) is 5.91 Å². The first kappa shape index (κ1) is 13.9. The lowest BCUT2D eigenvalue weighted by molar-refractivity contribution is 0.0697. The molecule has 2 aromatic rings. The number of amides is 1. The van der Waals surface area contributed by atoms with Crippen LogP contribution in [0.4, 0.5) is 0 Å². The Hall–Kier alpha value is -2.03. The molecule has 1 atom stereocenters. The van der Waals surface area contributed by atoms with Gasteiger partial charge in [0.15, 0.2) is 5.76 Å². The van der Waals surface area contributed by atoms with Crippen LogP contribution in [-0.4, -0.2) is 23.4 Å². The molecule has 21 heavy (non-hydrogen) atoms. The Kier molecular flexibility index (Phi) is 4.09. The first-order valence-electron chi connectivity index (χ1n) is 7.64. The highest BCUT2D eigenvalue weighted by molar-refractivity contribution is 5.93. The minimum absolute atomic E-state index is 0.0491. The van der Waals surface area contributed by atoms with Gasteiger partial charge in [0.1, 0.15) is 0 Å². The average Bonchev–Trinajstić information content (AvgIpc) is 3.14. The molecule has 1 fully saturated rings. The van der Waals surface area contributed by atoms with Crippen molar-refractivity contribution in [3.63, 3.8) is 0 Å². The molecule has 1 aromatic heterocycles. The van der Waals surface area contributed by atoms with E-state index in [1.54, 1.807) is 6.26 Å². The van der Waals surface area contributed by atoms with Gasteiger partial charge in [-0.05, 0) is 44.2 Å². The second kappa shape index (κ2) is 6.17. The minimum atomic E-state index is 0.0491. The lowest BCUT2D eigenvalue weighted by Gasteiger charge is -2.24. The van der Waals surface area contributed by atoms with Crippen molar-refractivity contribution in [1.82, 2.24) is 4.90 Å². The van der Waals surface area contributed by atoms with Crippen LogP contribution in [0.15, 0.2) is 47.1 Å². The number of likely N-dealkylation sites (tertiary alicyclic amines) is 1. The lowest BCUT2D eigenvalue weighted by atomic mass is 10.0. The summed E-state index contributed by atoms with van der Waals surface area (Å²) >= 11 is 0. The molecule has 0 N–H and O–H groups in total. The Morgan fingerprint density at radius 3 is 2.81 bits per heavy atom. The molecule has 1 aromatic carbocycles. The molecule has 1 aliphatic rings. The second-order valence-electron chi connectivity index (χ2n) is 5.75. The Bertz CT molecular complexity index is 603. The molecule has 3 rings (SSSR count). The quantitative estimate of drug-likeness (QED) is 0.854. The van der Waals surface area contributed by atoms with E-state index in [0.29, 0.717) is 11.8 Å². The number of carbonyl (C=O) groups excluding carboxylic acids is 1. The molecule has 0 spiro atoms. The van der Waals surface area contributed by atoms with Crippen molar-refractivity contribution in [1.29, 1.82) is 0 Å². The van der Waals surface area contributed by atoms with Crippen molar-refractivity contribution < 1.29 is 9.21 Å². The molecular weight excluding hydrogens is 262 g/mol. The zero-order valence-corrected chi connectivity index (χ0v) is 12.4. The first-order chi connectivity index (χ1) is 10.3.